The molecule has 2 heterocycles. The van der Waals surface area contributed by atoms with E-state index in [2.05, 4.69) is 0 Å². The van der Waals surface area contributed by atoms with Crippen LogP contribution in [0.25, 0.3) is 0 Å². The molecule has 0 bridgehead atoms. The molecule has 0 aliphatic carbocycles. The molecule has 2 unspecified atom stereocenters. The van der Waals surface area contributed by atoms with E-state index >= 15 is 0 Å². The van der Waals surface area contributed by atoms with Gasteiger partial charge in [0, 0.05) is 12.2 Å². The molecule has 3 nitrogen and oxygen atoms in total. The highest BCUT2D eigenvalue weighted by molar-refractivity contribution is 5.11. The zero-order valence-electron chi connectivity index (χ0n) is 6.77. The minimum absolute atomic E-state index is 0.0393. The lowest BCUT2D eigenvalue weighted by molar-refractivity contribution is -0.00284. The molecule has 1 fully saturated rings. The number of furan rings is 1. The molecule has 3 heteroatoms. The summed E-state index contributed by atoms with van der Waals surface area (Å²) in [6.45, 7) is 0.763. The van der Waals surface area contributed by atoms with E-state index in [1.165, 1.54) is 0 Å². The van der Waals surface area contributed by atoms with Gasteiger partial charge >= 0.3 is 0 Å². The SMILES string of the molecule is OC(c1ccoc1)C1CCCO1. The van der Waals surface area contributed by atoms with Crippen molar-refractivity contribution >= 4 is 0 Å². The lowest BCUT2D eigenvalue weighted by atomic mass is 10.1. The van der Waals surface area contributed by atoms with Gasteiger partial charge in [0.1, 0.15) is 6.10 Å². The van der Waals surface area contributed by atoms with E-state index < -0.39 is 6.10 Å². The Kier molecular flexibility index (Phi) is 2.15. The van der Waals surface area contributed by atoms with Crippen LogP contribution >= 0.6 is 0 Å². The van der Waals surface area contributed by atoms with Crippen LogP contribution in [0.5, 0.6) is 0 Å². The Morgan fingerprint density at radius 3 is 3.08 bits per heavy atom. The van der Waals surface area contributed by atoms with Crippen molar-refractivity contribution in [2.24, 2.45) is 0 Å². The quantitative estimate of drug-likeness (QED) is 0.727. The van der Waals surface area contributed by atoms with Gasteiger partial charge in [0.15, 0.2) is 0 Å². The predicted octanol–water partition coefficient (Wildman–Crippen LogP) is 1.49. The number of ether oxygens (including phenoxy) is 1. The fraction of sp³-hybridized carbons (Fsp3) is 0.556. The van der Waals surface area contributed by atoms with Crippen molar-refractivity contribution in [3.05, 3.63) is 24.2 Å². The Morgan fingerprint density at radius 1 is 1.58 bits per heavy atom. The minimum Gasteiger partial charge on any atom is -0.472 e. The second-order valence-electron chi connectivity index (χ2n) is 3.05. The summed E-state index contributed by atoms with van der Waals surface area (Å²) in [7, 11) is 0. The van der Waals surface area contributed by atoms with Gasteiger partial charge in [-0.3, -0.25) is 0 Å². The molecule has 66 valence electrons. The van der Waals surface area contributed by atoms with Gasteiger partial charge in [0.2, 0.25) is 0 Å². The molecule has 1 aliphatic rings. The molecule has 1 aromatic heterocycles. The minimum atomic E-state index is -0.522. The van der Waals surface area contributed by atoms with Gasteiger partial charge in [0.05, 0.1) is 18.6 Å². The summed E-state index contributed by atoms with van der Waals surface area (Å²) in [6, 6.07) is 1.77. The van der Waals surface area contributed by atoms with Crippen molar-refractivity contribution in [2.45, 2.75) is 25.0 Å². The van der Waals surface area contributed by atoms with Gasteiger partial charge in [-0.25, -0.2) is 0 Å². The van der Waals surface area contributed by atoms with Crippen LogP contribution < -0.4 is 0 Å². The maximum absolute atomic E-state index is 9.72. The number of hydrogen-bond acceptors (Lipinski definition) is 3. The number of aliphatic hydroxyl groups excluding tert-OH is 1. The number of aliphatic hydroxyl groups is 1. The Balaban J connectivity index is 2.04. The molecule has 0 radical (unpaired) electrons. The zero-order valence-corrected chi connectivity index (χ0v) is 6.77. The largest absolute Gasteiger partial charge is 0.472 e. The molecule has 1 N–H and O–H groups in total. The van der Waals surface area contributed by atoms with Crippen molar-refractivity contribution < 1.29 is 14.3 Å². The molecular formula is C9H12O3. The van der Waals surface area contributed by atoms with Crippen molar-refractivity contribution in [3.8, 4) is 0 Å². The van der Waals surface area contributed by atoms with Crippen LogP contribution in [-0.4, -0.2) is 17.8 Å². The van der Waals surface area contributed by atoms with Crippen LogP contribution in [-0.2, 0) is 4.74 Å². The summed E-state index contributed by atoms with van der Waals surface area (Å²) in [4.78, 5) is 0. The Bertz CT molecular complexity index is 224. The van der Waals surface area contributed by atoms with Crippen molar-refractivity contribution in [1.29, 1.82) is 0 Å². The molecule has 1 saturated heterocycles. The maximum Gasteiger partial charge on any atom is 0.108 e. The maximum atomic E-state index is 9.72. The van der Waals surface area contributed by atoms with Crippen LogP contribution in [0.15, 0.2) is 23.0 Å². The van der Waals surface area contributed by atoms with E-state index in [0.29, 0.717) is 0 Å². The van der Waals surface area contributed by atoms with Crippen molar-refractivity contribution in [1.82, 2.24) is 0 Å². The summed E-state index contributed by atoms with van der Waals surface area (Å²) >= 11 is 0. The lowest BCUT2D eigenvalue weighted by Crippen LogP contribution is -2.16. The van der Waals surface area contributed by atoms with Gasteiger partial charge in [-0.05, 0) is 18.9 Å². The van der Waals surface area contributed by atoms with Gasteiger partial charge in [-0.1, -0.05) is 0 Å². The first-order valence-corrected chi connectivity index (χ1v) is 4.19. The topological polar surface area (TPSA) is 42.6 Å². The van der Waals surface area contributed by atoms with Crippen LogP contribution in [0.2, 0.25) is 0 Å². The first kappa shape index (κ1) is 7.83. The van der Waals surface area contributed by atoms with E-state index in [1.807, 2.05) is 0 Å². The van der Waals surface area contributed by atoms with Crippen molar-refractivity contribution in [3.63, 3.8) is 0 Å². The molecule has 1 aromatic rings. The first-order chi connectivity index (χ1) is 5.88. The summed E-state index contributed by atoms with van der Waals surface area (Å²) in [5.41, 5.74) is 0.807. The smallest absolute Gasteiger partial charge is 0.108 e. The highest BCUT2D eigenvalue weighted by Gasteiger charge is 2.25. The molecule has 0 spiro atoms. The fourth-order valence-electron chi connectivity index (χ4n) is 1.51. The first-order valence-electron chi connectivity index (χ1n) is 4.19. The molecule has 0 aromatic carbocycles. The van der Waals surface area contributed by atoms with E-state index in [0.717, 1.165) is 25.0 Å². The number of rotatable bonds is 2. The summed E-state index contributed by atoms with van der Waals surface area (Å²) in [5.74, 6) is 0. The standard InChI is InChI=1S/C9H12O3/c10-9(7-3-5-11-6-7)8-2-1-4-12-8/h3,5-6,8-10H,1-2,4H2. The summed E-state index contributed by atoms with van der Waals surface area (Å²) < 4.78 is 10.2. The third kappa shape index (κ3) is 1.38. The van der Waals surface area contributed by atoms with E-state index in [4.69, 9.17) is 9.15 Å². The van der Waals surface area contributed by atoms with Crippen LogP contribution in [0.1, 0.15) is 24.5 Å². The van der Waals surface area contributed by atoms with Gasteiger partial charge in [-0.2, -0.15) is 0 Å². The summed E-state index contributed by atoms with van der Waals surface area (Å²) in [6.07, 6.45) is 4.54. The lowest BCUT2D eigenvalue weighted by Gasteiger charge is -2.15. The van der Waals surface area contributed by atoms with Crippen molar-refractivity contribution in [2.75, 3.05) is 6.61 Å². The fourth-order valence-corrected chi connectivity index (χ4v) is 1.51. The summed E-state index contributed by atoms with van der Waals surface area (Å²) in [5, 5.41) is 9.72. The third-order valence-corrected chi connectivity index (χ3v) is 2.20. The Hall–Kier alpha value is -0.800. The molecule has 2 rings (SSSR count). The van der Waals surface area contributed by atoms with E-state index in [9.17, 15) is 5.11 Å². The second-order valence-corrected chi connectivity index (χ2v) is 3.05. The highest BCUT2D eigenvalue weighted by atomic mass is 16.5. The second kappa shape index (κ2) is 3.29. The predicted molar refractivity (Wildman–Crippen MR) is 42.6 cm³/mol. The highest BCUT2D eigenvalue weighted by Crippen LogP contribution is 2.26. The molecule has 1 aliphatic heterocycles. The number of hydrogen-bond donors (Lipinski definition) is 1. The normalized spacial score (nSPS) is 25.9. The van der Waals surface area contributed by atoms with Gasteiger partial charge in [0.25, 0.3) is 0 Å². The van der Waals surface area contributed by atoms with Crippen LogP contribution in [0.4, 0.5) is 0 Å². The average molecular weight is 168 g/mol. The van der Waals surface area contributed by atoms with E-state index in [-0.39, 0.29) is 6.10 Å². The average Bonchev–Trinajstić information content (AvgIpc) is 2.77. The monoisotopic (exact) mass is 168 g/mol. The molecule has 12 heavy (non-hydrogen) atoms. The zero-order chi connectivity index (χ0) is 8.39. The van der Waals surface area contributed by atoms with Gasteiger partial charge in [-0.15, -0.1) is 0 Å². The van der Waals surface area contributed by atoms with Crippen LogP contribution in [0.3, 0.4) is 0 Å². The molecule has 2 atom stereocenters. The Morgan fingerprint density at radius 2 is 2.50 bits per heavy atom. The van der Waals surface area contributed by atoms with E-state index in [1.54, 1.807) is 18.6 Å². The third-order valence-electron chi connectivity index (χ3n) is 2.20. The van der Waals surface area contributed by atoms with Crippen LogP contribution in [0, 0.1) is 0 Å². The van der Waals surface area contributed by atoms with Gasteiger partial charge < -0.3 is 14.3 Å². The molecular weight excluding hydrogens is 156 g/mol. The molecule has 0 amide bonds. The Labute approximate surface area is 71.0 Å². The molecule has 0 saturated carbocycles.